The van der Waals surface area contributed by atoms with Crippen LogP contribution in [-0.4, -0.2) is 62.0 Å². The van der Waals surface area contributed by atoms with Crippen molar-refractivity contribution in [2.24, 2.45) is 5.92 Å². The van der Waals surface area contributed by atoms with Gasteiger partial charge < -0.3 is 9.80 Å². The molecule has 2 aliphatic rings. The van der Waals surface area contributed by atoms with Crippen molar-refractivity contribution in [3.63, 3.8) is 0 Å². The van der Waals surface area contributed by atoms with Gasteiger partial charge in [0, 0.05) is 50.9 Å². The monoisotopic (exact) mass is 451 g/mol. The Hall–Kier alpha value is -2.71. The number of sulfonamides is 1. The van der Waals surface area contributed by atoms with E-state index in [1.165, 1.54) is 0 Å². The topological polar surface area (TPSA) is 69.6 Å². The Morgan fingerprint density at radius 3 is 2.25 bits per heavy atom. The summed E-state index contributed by atoms with van der Waals surface area (Å²) >= 11 is 0. The summed E-state index contributed by atoms with van der Waals surface area (Å²) in [5.41, 5.74) is 0.820. The van der Waals surface area contributed by atoms with Crippen LogP contribution in [0.1, 0.15) is 19.8 Å². The number of piperidine rings is 1. The fourth-order valence-corrected chi connectivity index (χ4v) is 6.01. The molecule has 0 spiro atoms. The van der Waals surface area contributed by atoms with Crippen molar-refractivity contribution < 1.29 is 8.42 Å². The standard InChI is InChI=1S/C24H29N5O2S/c1-19-9-12-29(13-10-19)32(30,31)21-6-7-22-20(18-21)5-8-24(26-22)28-16-14-27(15-17-28)23-4-2-3-11-25-23/h2-8,11,18-19H,9-10,12-17H2,1H3. The number of nitrogens with zero attached hydrogens (tertiary/aromatic N) is 5. The van der Waals surface area contributed by atoms with E-state index in [1.54, 1.807) is 16.4 Å². The van der Waals surface area contributed by atoms with E-state index in [4.69, 9.17) is 4.98 Å². The Labute approximate surface area is 189 Å². The number of hydrogen-bond acceptors (Lipinski definition) is 6. The first-order valence-corrected chi connectivity index (χ1v) is 12.8. The highest BCUT2D eigenvalue weighted by atomic mass is 32.2. The summed E-state index contributed by atoms with van der Waals surface area (Å²) in [5, 5.41) is 0.854. The van der Waals surface area contributed by atoms with Crippen LogP contribution in [0.15, 0.2) is 59.6 Å². The van der Waals surface area contributed by atoms with Gasteiger partial charge in [-0.05, 0) is 61.2 Å². The lowest BCUT2D eigenvalue weighted by atomic mass is 10.0. The minimum absolute atomic E-state index is 0.359. The van der Waals surface area contributed by atoms with E-state index < -0.39 is 10.0 Å². The molecule has 4 heterocycles. The van der Waals surface area contributed by atoms with Crippen LogP contribution < -0.4 is 9.80 Å². The lowest BCUT2D eigenvalue weighted by molar-refractivity contribution is 0.288. The predicted octanol–water partition coefficient (Wildman–Crippen LogP) is 3.38. The van der Waals surface area contributed by atoms with Crippen molar-refractivity contribution in [1.29, 1.82) is 0 Å². The van der Waals surface area contributed by atoms with Gasteiger partial charge in [0.15, 0.2) is 0 Å². The smallest absolute Gasteiger partial charge is 0.243 e. The van der Waals surface area contributed by atoms with E-state index in [9.17, 15) is 8.42 Å². The summed E-state index contributed by atoms with van der Waals surface area (Å²) in [6.45, 7) is 6.91. The van der Waals surface area contributed by atoms with Gasteiger partial charge in [-0.3, -0.25) is 0 Å². The summed E-state index contributed by atoms with van der Waals surface area (Å²) < 4.78 is 27.8. The molecule has 5 rings (SSSR count). The van der Waals surface area contributed by atoms with Gasteiger partial charge in [0.25, 0.3) is 0 Å². The first-order valence-electron chi connectivity index (χ1n) is 11.3. The summed E-state index contributed by atoms with van der Waals surface area (Å²) in [6, 6.07) is 15.3. The molecular formula is C24H29N5O2S. The molecule has 0 N–H and O–H groups in total. The van der Waals surface area contributed by atoms with Crippen molar-refractivity contribution in [2.75, 3.05) is 49.1 Å². The minimum Gasteiger partial charge on any atom is -0.353 e. The molecule has 0 bridgehead atoms. The zero-order chi connectivity index (χ0) is 22.1. The molecule has 0 saturated carbocycles. The van der Waals surface area contributed by atoms with Gasteiger partial charge in [0.1, 0.15) is 11.6 Å². The summed E-state index contributed by atoms with van der Waals surface area (Å²) in [5.74, 6) is 2.53. The zero-order valence-corrected chi connectivity index (χ0v) is 19.2. The molecule has 3 aromatic rings. The highest BCUT2D eigenvalue weighted by Crippen LogP contribution is 2.27. The van der Waals surface area contributed by atoms with Crippen LogP contribution in [-0.2, 0) is 10.0 Å². The molecule has 0 aliphatic carbocycles. The minimum atomic E-state index is -3.46. The van der Waals surface area contributed by atoms with E-state index in [-0.39, 0.29) is 0 Å². The molecule has 1 aromatic carbocycles. The average molecular weight is 452 g/mol. The number of rotatable bonds is 4. The van der Waals surface area contributed by atoms with Crippen LogP contribution in [0.25, 0.3) is 10.9 Å². The van der Waals surface area contributed by atoms with Crippen molar-refractivity contribution >= 4 is 32.6 Å². The molecule has 0 atom stereocenters. The quantitative estimate of drug-likeness (QED) is 0.606. The number of piperazine rings is 1. The second kappa shape index (κ2) is 8.67. The van der Waals surface area contributed by atoms with Crippen LogP contribution in [0.3, 0.4) is 0 Å². The molecule has 2 aromatic heterocycles. The van der Waals surface area contributed by atoms with Gasteiger partial charge >= 0.3 is 0 Å². The summed E-state index contributed by atoms with van der Waals surface area (Å²) in [7, 11) is -3.46. The fourth-order valence-electron chi connectivity index (χ4n) is 4.51. The third-order valence-corrected chi connectivity index (χ3v) is 8.50. The third-order valence-electron chi connectivity index (χ3n) is 6.60. The third kappa shape index (κ3) is 4.17. The van der Waals surface area contributed by atoms with Crippen LogP contribution in [0, 0.1) is 5.92 Å². The molecule has 7 nitrogen and oxygen atoms in total. The molecule has 32 heavy (non-hydrogen) atoms. The normalized spacial score (nSPS) is 18.9. The zero-order valence-electron chi connectivity index (χ0n) is 18.4. The average Bonchev–Trinajstić information content (AvgIpc) is 2.84. The maximum Gasteiger partial charge on any atom is 0.243 e. The van der Waals surface area contributed by atoms with Crippen LogP contribution >= 0.6 is 0 Å². The van der Waals surface area contributed by atoms with Crippen LogP contribution in [0.2, 0.25) is 0 Å². The van der Waals surface area contributed by atoms with Crippen molar-refractivity contribution in [3.8, 4) is 0 Å². The van der Waals surface area contributed by atoms with Crippen LogP contribution in [0.4, 0.5) is 11.6 Å². The van der Waals surface area contributed by atoms with E-state index >= 15 is 0 Å². The Morgan fingerprint density at radius 2 is 1.56 bits per heavy atom. The molecular weight excluding hydrogens is 422 g/mol. The number of benzene rings is 1. The van der Waals surface area contributed by atoms with Gasteiger partial charge in [-0.25, -0.2) is 18.4 Å². The highest BCUT2D eigenvalue weighted by molar-refractivity contribution is 7.89. The summed E-state index contributed by atoms with van der Waals surface area (Å²) in [4.78, 5) is 14.2. The fraction of sp³-hybridized carbons (Fsp3) is 0.417. The molecule has 0 unspecified atom stereocenters. The molecule has 168 valence electrons. The number of anilines is 2. The largest absolute Gasteiger partial charge is 0.353 e. The lowest BCUT2D eigenvalue weighted by Gasteiger charge is -2.36. The molecule has 2 aliphatic heterocycles. The van der Waals surface area contributed by atoms with Crippen molar-refractivity contribution in [3.05, 3.63) is 54.7 Å². The van der Waals surface area contributed by atoms with Gasteiger partial charge in [0.2, 0.25) is 10.0 Å². The maximum absolute atomic E-state index is 13.1. The molecule has 2 saturated heterocycles. The van der Waals surface area contributed by atoms with Gasteiger partial charge in [0.05, 0.1) is 10.4 Å². The number of aromatic nitrogens is 2. The van der Waals surface area contributed by atoms with Crippen LogP contribution in [0.5, 0.6) is 0 Å². The van der Waals surface area contributed by atoms with Crippen molar-refractivity contribution in [1.82, 2.24) is 14.3 Å². The van der Waals surface area contributed by atoms with Gasteiger partial charge in [-0.2, -0.15) is 4.31 Å². The van der Waals surface area contributed by atoms with Gasteiger partial charge in [-0.1, -0.05) is 13.0 Å². The molecule has 0 amide bonds. The molecule has 8 heteroatoms. The maximum atomic E-state index is 13.1. The second-order valence-electron chi connectivity index (χ2n) is 8.77. The first-order chi connectivity index (χ1) is 15.5. The van der Waals surface area contributed by atoms with Crippen molar-refractivity contribution in [2.45, 2.75) is 24.7 Å². The SMILES string of the molecule is CC1CCN(S(=O)(=O)c2ccc3nc(N4CCN(c5ccccn5)CC4)ccc3c2)CC1. The van der Waals surface area contributed by atoms with Gasteiger partial charge in [-0.15, -0.1) is 0 Å². The molecule has 0 radical (unpaired) electrons. The summed E-state index contributed by atoms with van der Waals surface area (Å²) in [6.07, 6.45) is 3.67. The van der Waals surface area contributed by atoms with E-state index in [0.29, 0.717) is 23.9 Å². The number of fused-ring (bicyclic) bond motifs is 1. The Balaban J connectivity index is 1.31. The number of hydrogen-bond donors (Lipinski definition) is 0. The first kappa shape index (κ1) is 21.2. The number of pyridine rings is 2. The molecule has 2 fully saturated rings. The van der Waals surface area contributed by atoms with E-state index in [0.717, 1.165) is 61.6 Å². The van der Waals surface area contributed by atoms with E-state index in [2.05, 4.69) is 21.7 Å². The lowest BCUT2D eigenvalue weighted by Crippen LogP contribution is -2.47. The van der Waals surface area contributed by atoms with E-state index in [1.807, 2.05) is 42.6 Å². The Bertz CT molecular complexity index is 1190. The Kier molecular flexibility index (Phi) is 5.73. The predicted molar refractivity (Wildman–Crippen MR) is 128 cm³/mol. The Morgan fingerprint density at radius 1 is 0.844 bits per heavy atom. The second-order valence-corrected chi connectivity index (χ2v) is 10.7. The highest BCUT2D eigenvalue weighted by Gasteiger charge is 2.28.